The lowest BCUT2D eigenvalue weighted by atomic mass is 10.0. The molecular formula is C27H31N5O3. The molecular weight excluding hydrogens is 442 g/mol. The van der Waals surface area contributed by atoms with Crippen molar-refractivity contribution in [2.75, 3.05) is 32.8 Å². The van der Waals surface area contributed by atoms with Crippen molar-refractivity contribution < 1.29 is 9.47 Å². The average molecular weight is 474 g/mol. The van der Waals surface area contributed by atoms with E-state index in [1.165, 1.54) is 32.4 Å². The Labute approximate surface area is 204 Å². The van der Waals surface area contributed by atoms with Crippen molar-refractivity contribution in [2.24, 2.45) is 7.05 Å². The zero-order chi connectivity index (χ0) is 23.9. The van der Waals surface area contributed by atoms with E-state index in [-0.39, 0.29) is 11.7 Å². The lowest BCUT2D eigenvalue weighted by Crippen LogP contribution is -2.32. The fourth-order valence-electron chi connectivity index (χ4n) is 5.37. The molecule has 0 spiro atoms. The van der Waals surface area contributed by atoms with Crippen LogP contribution in [-0.2, 0) is 18.4 Å². The summed E-state index contributed by atoms with van der Waals surface area (Å²) in [5.74, 6) is 0.761. The molecule has 1 fully saturated rings. The minimum atomic E-state index is -0.0837. The average Bonchev–Trinajstić information content (AvgIpc) is 3.05. The molecule has 4 aromatic rings. The van der Waals surface area contributed by atoms with E-state index in [1.807, 2.05) is 35.9 Å². The molecule has 3 aromatic heterocycles. The number of nitrogens with zero attached hydrogens (tertiary/aromatic N) is 5. The molecule has 0 saturated carbocycles. The van der Waals surface area contributed by atoms with Gasteiger partial charge in [-0.15, -0.1) is 0 Å². The minimum absolute atomic E-state index is 0.0463. The molecule has 0 N–H and O–H groups in total. The number of likely N-dealkylation sites (tertiary alicyclic amines) is 1. The number of benzene rings is 1. The molecule has 0 bridgehead atoms. The third-order valence-corrected chi connectivity index (χ3v) is 7.33. The summed E-state index contributed by atoms with van der Waals surface area (Å²) < 4.78 is 15.7. The SMILES string of the molecule is CC1COc2c(-c3ccc(COCCN4CCCCC4)nc3)ccc3ncc4c(c23)n1c(=O)n4C. The van der Waals surface area contributed by atoms with Gasteiger partial charge in [0.05, 0.1) is 53.1 Å². The van der Waals surface area contributed by atoms with Crippen molar-refractivity contribution in [3.8, 4) is 16.9 Å². The van der Waals surface area contributed by atoms with Gasteiger partial charge in [-0.3, -0.25) is 19.1 Å². The van der Waals surface area contributed by atoms with Crippen molar-refractivity contribution in [1.29, 1.82) is 0 Å². The lowest BCUT2D eigenvalue weighted by molar-refractivity contribution is 0.0845. The maximum Gasteiger partial charge on any atom is 0.329 e. The molecule has 1 unspecified atom stereocenters. The van der Waals surface area contributed by atoms with E-state index in [1.54, 1.807) is 17.8 Å². The second-order valence-corrected chi connectivity index (χ2v) is 9.69. The van der Waals surface area contributed by atoms with Crippen molar-refractivity contribution >= 4 is 21.9 Å². The summed E-state index contributed by atoms with van der Waals surface area (Å²) in [5.41, 5.74) is 5.30. The first kappa shape index (κ1) is 22.2. The van der Waals surface area contributed by atoms with E-state index in [0.29, 0.717) is 13.2 Å². The molecule has 0 aliphatic carbocycles. The normalized spacial score (nSPS) is 18.3. The Morgan fingerprint density at radius 3 is 2.74 bits per heavy atom. The van der Waals surface area contributed by atoms with E-state index in [4.69, 9.17) is 9.47 Å². The number of imidazole rings is 1. The summed E-state index contributed by atoms with van der Waals surface area (Å²) in [6.07, 6.45) is 7.60. The van der Waals surface area contributed by atoms with Gasteiger partial charge in [-0.2, -0.15) is 0 Å². The number of ether oxygens (including phenoxy) is 2. The highest BCUT2D eigenvalue weighted by Gasteiger charge is 2.26. The molecule has 1 atom stereocenters. The first-order valence-corrected chi connectivity index (χ1v) is 12.5. The summed E-state index contributed by atoms with van der Waals surface area (Å²) in [6.45, 7) is 7.02. The van der Waals surface area contributed by atoms with Gasteiger partial charge in [-0.1, -0.05) is 12.5 Å². The molecule has 6 rings (SSSR count). The van der Waals surface area contributed by atoms with Crippen molar-refractivity contribution in [3.05, 3.63) is 52.8 Å². The standard InChI is InChI=1S/C27H31N5O3/c1-18-16-35-26-21(8-9-22-24(26)25-23(15-29-22)30(2)27(33)32(18)25)19-6-7-20(28-14-19)17-34-13-12-31-10-4-3-5-11-31/h6-9,14-15,18H,3-5,10-13,16-17H2,1-2H3. The largest absolute Gasteiger partial charge is 0.490 e. The van der Waals surface area contributed by atoms with Crippen LogP contribution in [0.1, 0.15) is 37.9 Å². The summed E-state index contributed by atoms with van der Waals surface area (Å²) >= 11 is 0. The van der Waals surface area contributed by atoms with Crippen LogP contribution in [0.3, 0.4) is 0 Å². The predicted octanol–water partition coefficient (Wildman–Crippen LogP) is 3.91. The van der Waals surface area contributed by atoms with Gasteiger partial charge in [-0.25, -0.2) is 4.79 Å². The van der Waals surface area contributed by atoms with E-state index in [2.05, 4.69) is 20.9 Å². The summed E-state index contributed by atoms with van der Waals surface area (Å²) in [6, 6.07) is 8.02. The Balaban J connectivity index is 1.28. The monoisotopic (exact) mass is 473 g/mol. The predicted molar refractivity (Wildman–Crippen MR) is 136 cm³/mol. The van der Waals surface area contributed by atoms with Crippen LogP contribution < -0.4 is 10.4 Å². The van der Waals surface area contributed by atoms with Gasteiger partial charge in [0.1, 0.15) is 12.4 Å². The third-order valence-electron chi connectivity index (χ3n) is 7.33. The Morgan fingerprint density at radius 1 is 1.09 bits per heavy atom. The topological polar surface area (TPSA) is 74.4 Å². The molecule has 2 aliphatic rings. The Morgan fingerprint density at radius 2 is 1.94 bits per heavy atom. The third kappa shape index (κ3) is 3.90. The zero-order valence-electron chi connectivity index (χ0n) is 20.4. The first-order valence-electron chi connectivity index (χ1n) is 12.5. The highest BCUT2D eigenvalue weighted by Crippen LogP contribution is 2.41. The fourth-order valence-corrected chi connectivity index (χ4v) is 5.37. The van der Waals surface area contributed by atoms with Gasteiger partial charge < -0.3 is 14.4 Å². The second-order valence-electron chi connectivity index (χ2n) is 9.69. The van der Waals surface area contributed by atoms with E-state index < -0.39 is 0 Å². The Hall–Kier alpha value is -3.23. The number of hydrogen-bond donors (Lipinski definition) is 0. The quantitative estimate of drug-likeness (QED) is 0.396. The maximum absolute atomic E-state index is 13.0. The lowest BCUT2D eigenvalue weighted by Gasteiger charge is -2.26. The molecule has 1 aromatic carbocycles. The minimum Gasteiger partial charge on any atom is -0.490 e. The summed E-state index contributed by atoms with van der Waals surface area (Å²) in [5, 5.41) is 0.882. The van der Waals surface area contributed by atoms with Crippen molar-refractivity contribution in [3.63, 3.8) is 0 Å². The summed E-state index contributed by atoms with van der Waals surface area (Å²) in [7, 11) is 1.80. The van der Waals surface area contributed by atoms with Gasteiger partial charge in [0, 0.05) is 30.9 Å². The van der Waals surface area contributed by atoms with Crippen LogP contribution in [0.15, 0.2) is 41.5 Å². The van der Waals surface area contributed by atoms with Crippen LogP contribution in [0, 0.1) is 0 Å². The number of pyridine rings is 2. The second kappa shape index (κ2) is 9.09. The van der Waals surface area contributed by atoms with Crippen LogP contribution >= 0.6 is 0 Å². The van der Waals surface area contributed by atoms with Gasteiger partial charge in [0.25, 0.3) is 0 Å². The van der Waals surface area contributed by atoms with Crippen molar-refractivity contribution in [2.45, 2.75) is 38.8 Å². The van der Waals surface area contributed by atoms with Crippen LogP contribution in [0.2, 0.25) is 0 Å². The van der Waals surface area contributed by atoms with Gasteiger partial charge in [0.15, 0.2) is 0 Å². The number of hydrogen-bond acceptors (Lipinski definition) is 6. The number of aryl methyl sites for hydroxylation is 1. The fraction of sp³-hybridized carbons (Fsp3) is 0.444. The van der Waals surface area contributed by atoms with Crippen LogP contribution in [0.25, 0.3) is 33.1 Å². The molecule has 35 heavy (non-hydrogen) atoms. The van der Waals surface area contributed by atoms with Crippen molar-refractivity contribution in [1.82, 2.24) is 24.0 Å². The Bertz CT molecular complexity index is 1430. The maximum atomic E-state index is 13.0. The molecule has 8 heteroatoms. The highest BCUT2D eigenvalue weighted by molar-refractivity contribution is 6.09. The molecule has 5 heterocycles. The van der Waals surface area contributed by atoms with Crippen LogP contribution in [0.5, 0.6) is 5.75 Å². The molecule has 1 saturated heterocycles. The highest BCUT2D eigenvalue weighted by atomic mass is 16.5. The number of piperidine rings is 1. The Kier molecular flexibility index (Phi) is 5.78. The summed E-state index contributed by atoms with van der Waals surface area (Å²) in [4.78, 5) is 24.7. The molecule has 8 nitrogen and oxygen atoms in total. The first-order chi connectivity index (χ1) is 17.1. The molecule has 0 radical (unpaired) electrons. The number of aromatic nitrogens is 4. The van der Waals surface area contributed by atoms with Gasteiger partial charge in [-0.05, 0) is 51.1 Å². The van der Waals surface area contributed by atoms with Crippen LogP contribution in [-0.4, -0.2) is 56.9 Å². The van der Waals surface area contributed by atoms with Gasteiger partial charge in [0.2, 0.25) is 0 Å². The van der Waals surface area contributed by atoms with E-state index in [9.17, 15) is 4.79 Å². The van der Waals surface area contributed by atoms with E-state index in [0.717, 1.165) is 57.7 Å². The molecule has 2 aliphatic heterocycles. The smallest absolute Gasteiger partial charge is 0.329 e. The number of rotatable bonds is 6. The molecule has 0 amide bonds. The van der Waals surface area contributed by atoms with E-state index >= 15 is 0 Å². The molecule has 182 valence electrons. The zero-order valence-corrected chi connectivity index (χ0v) is 20.4. The van der Waals surface area contributed by atoms with Gasteiger partial charge >= 0.3 is 5.69 Å². The van der Waals surface area contributed by atoms with Crippen LogP contribution in [0.4, 0.5) is 0 Å².